The Balaban J connectivity index is 2.23. The van der Waals surface area contributed by atoms with Gasteiger partial charge in [-0.2, -0.15) is 21.6 Å². The van der Waals surface area contributed by atoms with E-state index in [0.717, 1.165) is 18.2 Å². The molecule has 3 rings (SSSR count). The Labute approximate surface area is 128 Å². The van der Waals surface area contributed by atoms with Crippen molar-refractivity contribution in [3.05, 3.63) is 47.7 Å². The number of fused-ring (bicyclic) bond motifs is 1. The Bertz CT molecular complexity index is 908. The quantitative estimate of drug-likeness (QED) is 0.794. The van der Waals surface area contributed by atoms with Crippen LogP contribution in [0, 0.1) is 0 Å². The number of halogens is 4. The van der Waals surface area contributed by atoms with E-state index < -0.39 is 21.8 Å². The van der Waals surface area contributed by atoms with Gasteiger partial charge >= 0.3 is 6.18 Å². The molecule has 2 heterocycles. The molecule has 9 heteroatoms. The number of aromatic nitrogens is 1. The summed E-state index contributed by atoms with van der Waals surface area (Å²) in [4.78, 5) is 3.49. The van der Waals surface area contributed by atoms with E-state index >= 15 is 0 Å². The number of rotatable bonds is 1. The number of sulfonamides is 1. The molecule has 0 amide bonds. The normalized spacial score (nSPS) is 16.3. The van der Waals surface area contributed by atoms with Crippen molar-refractivity contribution in [3.8, 4) is 11.3 Å². The van der Waals surface area contributed by atoms with Gasteiger partial charge in [-0.15, -0.1) is 4.40 Å². The van der Waals surface area contributed by atoms with E-state index in [1.165, 1.54) is 18.3 Å². The SMILES string of the molecule is O=S1(=O)N=C(Cl)c2ccc(-c3ncccc3C(F)(F)F)cc21. The summed E-state index contributed by atoms with van der Waals surface area (Å²) in [5.74, 6) is 0. The molecule has 2 aromatic rings. The molecule has 0 unspecified atom stereocenters. The maximum absolute atomic E-state index is 13.0. The number of hydrogen-bond acceptors (Lipinski definition) is 3. The number of hydrogen-bond donors (Lipinski definition) is 0. The first-order chi connectivity index (χ1) is 10.2. The Morgan fingerprint density at radius 3 is 2.55 bits per heavy atom. The smallest absolute Gasteiger partial charge is 0.256 e. The summed E-state index contributed by atoms with van der Waals surface area (Å²) in [6, 6.07) is 5.79. The van der Waals surface area contributed by atoms with E-state index in [1.54, 1.807) is 0 Å². The molecule has 0 atom stereocenters. The van der Waals surface area contributed by atoms with Gasteiger partial charge in [0.25, 0.3) is 10.0 Å². The third kappa shape index (κ3) is 2.38. The maximum atomic E-state index is 13.0. The summed E-state index contributed by atoms with van der Waals surface area (Å²) in [5, 5.41) is -0.210. The second kappa shape index (κ2) is 4.79. The predicted octanol–water partition coefficient (Wildman–Crippen LogP) is 3.46. The molecule has 22 heavy (non-hydrogen) atoms. The lowest BCUT2D eigenvalue weighted by Crippen LogP contribution is -2.08. The molecule has 1 aliphatic rings. The van der Waals surface area contributed by atoms with E-state index in [0.29, 0.717) is 0 Å². The summed E-state index contributed by atoms with van der Waals surface area (Å²) in [6.45, 7) is 0. The summed E-state index contributed by atoms with van der Waals surface area (Å²) in [5.41, 5.74) is -1.11. The molecule has 0 spiro atoms. The maximum Gasteiger partial charge on any atom is 0.418 e. The van der Waals surface area contributed by atoms with Crippen LogP contribution in [0.2, 0.25) is 0 Å². The molecule has 1 aromatic carbocycles. The monoisotopic (exact) mass is 346 g/mol. The van der Waals surface area contributed by atoms with Crippen molar-refractivity contribution in [1.29, 1.82) is 0 Å². The second-order valence-electron chi connectivity index (χ2n) is 4.47. The molecule has 0 aliphatic carbocycles. The van der Waals surface area contributed by atoms with Crippen LogP contribution in [-0.4, -0.2) is 18.6 Å². The molecule has 4 nitrogen and oxygen atoms in total. The zero-order valence-corrected chi connectivity index (χ0v) is 12.2. The average molecular weight is 347 g/mol. The van der Waals surface area contributed by atoms with Gasteiger partial charge in [-0.3, -0.25) is 4.98 Å². The first-order valence-electron chi connectivity index (χ1n) is 5.87. The van der Waals surface area contributed by atoms with Gasteiger partial charge in [0.05, 0.1) is 11.3 Å². The van der Waals surface area contributed by atoms with Crippen molar-refractivity contribution in [2.24, 2.45) is 4.40 Å². The highest BCUT2D eigenvalue weighted by molar-refractivity contribution is 7.91. The van der Waals surface area contributed by atoms with Crippen LogP contribution in [0.3, 0.4) is 0 Å². The van der Waals surface area contributed by atoms with Gasteiger partial charge in [-0.05, 0) is 24.3 Å². The number of alkyl halides is 3. The third-order valence-corrected chi connectivity index (χ3v) is 4.77. The van der Waals surface area contributed by atoms with Gasteiger partial charge in [0.2, 0.25) is 0 Å². The van der Waals surface area contributed by atoms with Gasteiger partial charge < -0.3 is 0 Å². The standard InChI is InChI=1S/C13H6ClF3N2O2S/c14-12-8-4-3-7(6-10(8)22(20,21)19-12)11-9(13(15,16)17)2-1-5-18-11/h1-6H. The third-order valence-electron chi connectivity index (χ3n) is 3.07. The molecule has 0 radical (unpaired) electrons. The Morgan fingerprint density at radius 2 is 1.86 bits per heavy atom. The van der Waals surface area contributed by atoms with E-state index in [9.17, 15) is 21.6 Å². The van der Waals surface area contributed by atoms with Crippen LogP contribution >= 0.6 is 11.6 Å². The van der Waals surface area contributed by atoms with E-state index in [1.807, 2.05) is 0 Å². The summed E-state index contributed by atoms with van der Waals surface area (Å²) in [6.07, 6.45) is -3.40. The lowest BCUT2D eigenvalue weighted by Gasteiger charge is -2.12. The fraction of sp³-hybridized carbons (Fsp3) is 0.0769. The van der Waals surface area contributed by atoms with Crippen LogP contribution in [0.5, 0.6) is 0 Å². The minimum absolute atomic E-state index is 0.0248. The van der Waals surface area contributed by atoms with Crippen molar-refractivity contribution < 1.29 is 21.6 Å². The number of pyridine rings is 1. The molecule has 1 aromatic heterocycles. The highest BCUT2D eigenvalue weighted by Crippen LogP contribution is 2.38. The van der Waals surface area contributed by atoms with E-state index in [4.69, 9.17) is 11.6 Å². The average Bonchev–Trinajstić information content (AvgIpc) is 2.67. The lowest BCUT2D eigenvalue weighted by molar-refractivity contribution is -0.137. The first-order valence-corrected chi connectivity index (χ1v) is 7.69. The Kier molecular flexibility index (Phi) is 3.26. The van der Waals surface area contributed by atoms with Crippen molar-refractivity contribution in [3.63, 3.8) is 0 Å². The van der Waals surface area contributed by atoms with Crippen molar-refractivity contribution in [2.75, 3.05) is 0 Å². The first kappa shape index (κ1) is 15.0. The molecule has 0 saturated heterocycles. The van der Waals surface area contributed by atoms with E-state index in [2.05, 4.69) is 9.38 Å². The molecular weight excluding hydrogens is 341 g/mol. The van der Waals surface area contributed by atoms with Crippen LogP contribution in [0.1, 0.15) is 11.1 Å². The minimum Gasteiger partial charge on any atom is -0.256 e. The van der Waals surface area contributed by atoms with Crippen LogP contribution < -0.4 is 0 Å². The van der Waals surface area contributed by atoms with Gasteiger partial charge in [0, 0.05) is 17.3 Å². The Hall–Kier alpha value is -1.93. The molecule has 114 valence electrons. The van der Waals surface area contributed by atoms with Gasteiger partial charge in [0.15, 0.2) is 5.17 Å². The van der Waals surface area contributed by atoms with Crippen molar-refractivity contribution >= 4 is 26.8 Å². The topological polar surface area (TPSA) is 59.4 Å². The zero-order chi connectivity index (χ0) is 16.1. The van der Waals surface area contributed by atoms with Crippen LogP contribution in [0.25, 0.3) is 11.3 Å². The molecule has 0 saturated carbocycles. The van der Waals surface area contributed by atoms with Gasteiger partial charge in [-0.1, -0.05) is 17.7 Å². The minimum atomic E-state index is -4.60. The molecule has 1 aliphatic heterocycles. The highest BCUT2D eigenvalue weighted by Gasteiger charge is 2.35. The second-order valence-corrected chi connectivity index (χ2v) is 6.40. The fourth-order valence-electron chi connectivity index (χ4n) is 2.12. The summed E-state index contributed by atoms with van der Waals surface area (Å²) < 4.78 is 66.0. The zero-order valence-electron chi connectivity index (χ0n) is 10.6. The number of nitrogens with zero attached hydrogens (tertiary/aromatic N) is 2. The summed E-state index contributed by atoms with van der Waals surface area (Å²) in [7, 11) is -3.99. The van der Waals surface area contributed by atoms with Crippen LogP contribution in [0.15, 0.2) is 45.8 Å². The van der Waals surface area contributed by atoms with Crippen molar-refractivity contribution in [2.45, 2.75) is 11.1 Å². The molecule has 0 bridgehead atoms. The Morgan fingerprint density at radius 1 is 1.14 bits per heavy atom. The highest BCUT2D eigenvalue weighted by atomic mass is 35.5. The molecule has 0 N–H and O–H groups in total. The number of benzene rings is 1. The fourth-order valence-corrected chi connectivity index (χ4v) is 3.74. The van der Waals surface area contributed by atoms with Crippen LogP contribution in [-0.2, 0) is 16.2 Å². The van der Waals surface area contributed by atoms with E-state index in [-0.39, 0.29) is 26.9 Å². The van der Waals surface area contributed by atoms with Crippen LogP contribution in [0.4, 0.5) is 13.2 Å². The van der Waals surface area contributed by atoms with Gasteiger partial charge in [-0.25, -0.2) is 0 Å². The lowest BCUT2D eigenvalue weighted by atomic mass is 10.0. The predicted molar refractivity (Wildman–Crippen MR) is 74.3 cm³/mol. The van der Waals surface area contributed by atoms with Gasteiger partial charge in [0.1, 0.15) is 4.90 Å². The van der Waals surface area contributed by atoms with Crippen molar-refractivity contribution in [1.82, 2.24) is 4.98 Å². The largest absolute Gasteiger partial charge is 0.418 e. The summed E-state index contributed by atoms with van der Waals surface area (Å²) >= 11 is 5.70. The molecular formula is C13H6ClF3N2O2S. The molecule has 0 fully saturated rings.